The number of aromatic nitrogens is 2. The number of furan rings is 1. The SMILES string of the molecule is c1ccc(C2(c3ccc4ccccc4n3)OCCN(N3CCCCC3)C2(c2ccco2)c2cccs2)nc1. The van der Waals surface area contributed by atoms with Gasteiger partial charge in [-0.3, -0.25) is 4.98 Å². The molecule has 4 aromatic heterocycles. The van der Waals surface area contributed by atoms with Gasteiger partial charge in [-0.2, -0.15) is 0 Å². The fourth-order valence-corrected chi connectivity index (χ4v) is 7.37. The minimum absolute atomic E-state index is 0.537. The molecule has 0 spiro atoms. The number of piperidine rings is 1. The lowest BCUT2D eigenvalue weighted by molar-refractivity contribution is -0.249. The maximum atomic E-state index is 7.12. The summed E-state index contributed by atoms with van der Waals surface area (Å²) >= 11 is 1.73. The number of para-hydroxylation sites is 1. The van der Waals surface area contributed by atoms with Crippen molar-refractivity contribution in [2.45, 2.75) is 30.4 Å². The first-order chi connectivity index (χ1) is 18.8. The van der Waals surface area contributed by atoms with E-state index in [0.717, 1.165) is 52.6 Å². The molecule has 6 heterocycles. The van der Waals surface area contributed by atoms with E-state index in [-0.39, 0.29) is 0 Å². The predicted octanol–water partition coefficient (Wildman–Crippen LogP) is 6.20. The Kier molecular flexibility index (Phi) is 6.09. The minimum atomic E-state index is -1.07. The molecule has 0 aliphatic carbocycles. The predicted molar refractivity (Wildman–Crippen MR) is 149 cm³/mol. The zero-order valence-electron chi connectivity index (χ0n) is 21.2. The lowest BCUT2D eigenvalue weighted by atomic mass is 9.69. The Morgan fingerprint density at radius 2 is 1.68 bits per heavy atom. The topological polar surface area (TPSA) is 54.6 Å². The van der Waals surface area contributed by atoms with Crippen LogP contribution in [0.4, 0.5) is 0 Å². The molecule has 2 unspecified atom stereocenters. The van der Waals surface area contributed by atoms with Crippen molar-refractivity contribution in [3.8, 4) is 0 Å². The molecule has 2 aliphatic heterocycles. The van der Waals surface area contributed by atoms with Crippen molar-refractivity contribution in [1.82, 2.24) is 20.0 Å². The summed E-state index contributed by atoms with van der Waals surface area (Å²) in [7, 11) is 0. The summed E-state index contributed by atoms with van der Waals surface area (Å²) in [6.45, 7) is 3.27. The van der Waals surface area contributed by atoms with Crippen molar-refractivity contribution in [3.63, 3.8) is 0 Å². The molecule has 38 heavy (non-hydrogen) atoms. The van der Waals surface area contributed by atoms with E-state index in [4.69, 9.17) is 19.1 Å². The van der Waals surface area contributed by atoms with Gasteiger partial charge in [0.05, 0.1) is 29.8 Å². The molecule has 0 bridgehead atoms. The summed E-state index contributed by atoms with van der Waals surface area (Å²) in [6, 6.07) is 27.0. The highest BCUT2D eigenvalue weighted by Gasteiger charge is 2.67. The monoisotopic (exact) mass is 522 g/mol. The summed E-state index contributed by atoms with van der Waals surface area (Å²) in [6.07, 6.45) is 7.21. The second kappa shape index (κ2) is 9.75. The Hall–Kier alpha value is -3.36. The van der Waals surface area contributed by atoms with Crippen LogP contribution in [0.2, 0.25) is 0 Å². The molecule has 1 aromatic carbocycles. The molecular formula is C31H30N4O2S. The van der Waals surface area contributed by atoms with Gasteiger partial charge in [-0.25, -0.2) is 15.0 Å². The zero-order chi connectivity index (χ0) is 25.4. The number of hydrazine groups is 1. The van der Waals surface area contributed by atoms with Gasteiger partial charge in [0.25, 0.3) is 0 Å². The van der Waals surface area contributed by atoms with Crippen LogP contribution in [0.5, 0.6) is 0 Å². The maximum Gasteiger partial charge on any atom is 0.183 e. The minimum Gasteiger partial charge on any atom is -0.467 e. The van der Waals surface area contributed by atoms with Crippen molar-refractivity contribution in [2.75, 3.05) is 26.2 Å². The summed E-state index contributed by atoms with van der Waals surface area (Å²) in [5.74, 6) is 0.825. The Balaban J connectivity index is 1.61. The average molecular weight is 523 g/mol. The molecule has 6 nitrogen and oxygen atoms in total. The number of hydrogen-bond acceptors (Lipinski definition) is 7. The van der Waals surface area contributed by atoms with E-state index in [9.17, 15) is 0 Å². The van der Waals surface area contributed by atoms with E-state index in [1.54, 1.807) is 17.6 Å². The highest BCUT2D eigenvalue weighted by molar-refractivity contribution is 7.10. The summed E-state index contributed by atoms with van der Waals surface area (Å²) in [5, 5.41) is 8.27. The van der Waals surface area contributed by atoms with Crippen molar-refractivity contribution >= 4 is 22.2 Å². The number of nitrogens with zero attached hydrogens (tertiary/aromatic N) is 4. The first-order valence-corrected chi connectivity index (χ1v) is 14.2. The summed E-state index contributed by atoms with van der Waals surface area (Å²) < 4.78 is 13.5. The van der Waals surface area contributed by atoms with Crippen LogP contribution in [0.1, 0.15) is 41.3 Å². The largest absolute Gasteiger partial charge is 0.467 e. The molecule has 0 saturated carbocycles. The molecule has 7 rings (SSSR count). The lowest BCUT2D eigenvalue weighted by Crippen LogP contribution is -2.70. The fraction of sp³-hybridized carbons (Fsp3) is 0.290. The number of fused-ring (bicyclic) bond motifs is 1. The number of ether oxygens (including phenoxy) is 1. The van der Waals surface area contributed by atoms with Crippen molar-refractivity contribution in [3.05, 3.63) is 119 Å². The highest BCUT2D eigenvalue weighted by atomic mass is 32.1. The standard InChI is InChI=1S/C31H30N4O2S/c1-6-18-34(19-7-1)35-20-22-37-31(26-12-4-5-17-32-26,27-16-15-24-10-2-3-11-25(24)33-27)30(35,28-13-8-21-36-28)29-14-9-23-38-29/h2-5,8-17,21,23H,1,6-7,18-20,22H2. The van der Waals surface area contributed by atoms with Crippen molar-refractivity contribution in [2.24, 2.45) is 0 Å². The van der Waals surface area contributed by atoms with Crippen LogP contribution in [0.15, 0.2) is 101 Å². The number of hydrogen-bond donors (Lipinski definition) is 0. The van der Waals surface area contributed by atoms with Gasteiger partial charge in [0, 0.05) is 36.1 Å². The summed E-state index contributed by atoms with van der Waals surface area (Å²) in [4.78, 5) is 11.4. The summed E-state index contributed by atoms with van der Waals surface area (Å²) in [5.41, 5.74) is 0.634. The van der Waals surface area contributed by atoms with Crippen LogP contribution in [0, 0.1) is 0 Å². The van der Waals surface area contributed by atoms with Crippen LogP contribution in [0.3, 0.4) is 0 Å². The quantitative estimate of drug-likeness (QED) is 0.274. The van der Waals surface area contributed by atoms with Gasteiger partial charge < -0.3 is 9.15 Å². The number of rotatable bonds is 5. The molecule has 0 radical (unpaired) electrons. The van der Waals surface area contributed by atoms with E-state index < -0.39 is 11.1 Å². The molecule has 2 atom stereocenters. The van der Waals surface area contributed by atoms with Crippen LogP contribution in [-0.2, 0) is 15.9 Å². The number of morpholine rings is 1. The van der Waals surface area contributed by atoms with Crippen LogP contribution < -0.4 is 0 Å². The van der Waals surface area contributed by atoms with Gasteiger partial charge in [0.2, 0.25) is 0 Å². The third-order valence-corrected chi connectivity index (χ3v) is 8.91. The van der Waals surface area contributed by atoms with Gasteiger partial charge in [0.1, 0.15) is 5.76 Å². The van der Waals surface area contributed by atoms with Gasteiger partial charge >= 0.3 is 0 Å². The molecule has 2 aliphatic rings. The second-order valence-electron chi connectivity index (χ2n) is 9.94. The van der Waals surface area contributed by atoms with Crippen LogP contribution >= 0.6 is 11.3 Å². The molecule has 192 valence electrons. The Morgan fingerprint density at radius 1 is 0.789 bits per heavy atom. The normalized spacial score (nSPS) is 25.1. The Bertz CT molecular complexity index is 1470. The number of pyridine rings is 2. The first-order valence-electron chi connectivity index (χ1n) is 13.4. The highest BCUT2D eigenvalue weighted by Crippen LogP contribution is 2.58. The van der Waals surface area contributed by atoms with Crippen LogP contribution in [0.25, 0.3) is 10.9 Å². The van der Waals surface area contributed by atoms with E-state index in [1.807, 2.05) is 36.5 Å². The van der Waals surface area contributed by atoms with E-state index >= 15 is 0 Å². The third-order valence-electron chi connectivity index (χ3n) is 7.93. The number of benzene rings is 1. The maximum absolute atomic E-state index is 7.12. The molecule has 0 N–H and O–H groups in total. The smallest absolute Gasteiger partial charge is 0.183 e. The van der Waals surface area contributed by atoms with Crippen molar-refractivity contribution in [1.29, 1.82) is 0 Å². The van der Waals surface area contributed by atoms with Gasteiger partial charge in [-0.1, -0.05) is 42.8 Å². The molecule has 5 aromatic rings. The number of thiophene rings is 1. The average Bonchev–Trinajstić information content (AvgIpc) is 3.73. The molecule has 2 saturated heterocycles. The van der Waals surface area contributed by atoms with Gasteiger partial charge in [0.15, 0.2) is 11.1 Å². The van der Waals surface area contributed by atoms with E-state index in [2.05, 4.69) is 63.9 Å². The van der Waals surface area contributed by atoms with E-state index in [1.165, 1.54) is 19.3 Å². The molecule has 7 heteroatoms. The Labute approximate surface area is 226 Å². The zero-order valence-corrected chi connectivity index (χ0v) is 22.0. The lowest BCUT2D eigenvalue weighted by Gasteiger charge is -2.59. The Morgan fingerprint density at radius 3 is 2.47 bits per heavy atom. The van der Waals surface area contributed by atoms with Crippen molar-refractivity contribution < 1.29 is 9.15 Å². The molecule has 0 amide bonds. The third kappa shape index (κ3) is 3.50. The van der Waals surface area contributed by atoms with E-state index in [0.29, 0.717) is 6.61 Å². The fourth-order valence-electron chi connectivity index (χ4n) is 6.39. The molecule has 2 fully saturated rings. The van der Waals surface area contributed by atoms with Gasteiger partial charge in [-0.05, 0) is 60.7 Å². The second-order valence-corrected chi connectivity index (χ2v) is 10.9. The van der Waals surface area contributed by atoms with Gasteiger partial charge in [-0.15, -0.1) is 11.3 Å². The molecular weight excluding hydrogens is 492 g/mol. The first kappa shape index (κ1) is 23.7. The van der Waals surface area contributed by atoms with Crippen LogP contribution in [-0.4, -0.2) is 46.2 Å².